The summed E-state index contributed by atoms with van der Waals surface area (Å²) < 4.78 is 5.44. The number of non-ortho nitro benzene ring substituents is 1. The molecule has 0 saturated heterocycles. The first-order valence-electron chi connectivity index (χ1n) is 6.27. The van der Waals surface area contributed by atoms with Crippen LogP contribution in [0.1, 0.15) is 27.2 Å². The maximum absolute atomic E-state index is 10.9. The summed E-state index contributed by atoms with van der Waals surface area (Å²) >= 11 is 0. The van der Waals surface area contributed by atoms with E-state index in [2.05, 4.69) is 5.32 Å². The first-order chi connectivity index (χ1) is 8.81. The standard InChI is InChI=1S/C13H21N3O3/c1-4-5-19-12-7-10(15-9-13(2,3)14)6-11(8-12)16(17)18/h6-8,15H,4-5,9,14H2,1-3H3. The number of hydrogen-bond donors (Lipinski definition) is 2. The Balaban J connectivity index is 2.89. The number of nitrogens with one attached hydrogen (secondary N) is 1. The third kappa shape index (κ3) is 5.56. The summed E-state index contributed by atoms with van der Waals surface area (Å²) in [6.45, 7) is 6.79. The highest BCUT2D eigenvalue weighted by Gasteiger charge is 2.13. The van der Waals surface area contributed by atoms with E-state index in [-0.39, 0.29) is 5.69 Å². The van der Waals surface area contributed by atoms with Crippen LogP contribution in [0, 0.1) is 10.1 Å². The second-order valence-corrected chi connectivity index (χ2v) is 5.16. The number of rotatable bonds is 7. The van der Waals surface area contributed by atoms with Crippen molar-refractivity contribution in [3.63, 3.8) is 0 Å². The third-order valence-corrected chi connectivity index (χ3v) is 2.32. The average Bonchev–Trinajstić information content (AvgIpc) is 2.32. The van der Waals surface area contributed by atoms with Crippen LogP contribution >= 0.6 is 0 Å². The molecule has 0 fully saturated rings. The molecule has 0 atom stereocenters. The molecule has 0 unspecified atom stereocenters. The Morgan fingerprint density at radius 2 is 2.11 bits per heavy atom. The lowest BCUT2D eigenvalue weighted by Gasteiger charge is -2.20. The van der Waals surface area contributed by atoms with Crippen LogP contribution in [0.15, 0.2) is 18.2 Å². The predicted octanol–water partition coefficient (Wildman–Crippen LogP) is 2.53. The maximum Gasteiger partial charge on any atom is 0.275 e. The molecule has 0 aliphatic rings. The van der Waals surface area contributed by atoms with Gasteiger partial charge in [0.05, 0.1) is 17.6 Å². The molecule has 6 nitrogen and oxygen atoms in total. The largest absolute Gasteiger partial charge is 0.493 e. The monoisotopic (exact) mass is 267 g/mol. The lowest BCUT2D eigenvalue weighted by molar-refractivity contribution is -0.384. The van der Waals surface area contributed by atoms with E-state index in [1.165, 1.54) is 12.1 Å². The van der Waals surface area contributed by atoms with Gasteiger partial charge in [0.25, 0.3) is 5.69 Å². The lowest BCUT2D eigenvalue weighted by atomic mass is 10.1. The highest BCUT2D eigenvalue weighted by molar-refractivity contribution is 5.56. The van der Waals surface area contributed by atoms with Gasteiger partial charge in [0.15, 0.2) is 0 Å². The van der Waals surface area contributed by atoms with Gasteiger partial charge in [0.1, 0.15) is 5.75 Å². The molecule has 0 aliphatic heterocycles. The van der Waals surface area contributed by atoms with E-state index in [0.29, 0.717) is 24.6 Å². The smallest absolute Gasteiger partial charge is 0.275 e. The molecule has 6 heteroatoms. The van der Waals surface area contributed by atoms with Crippen LogP contribution in [0.25, 0.3) is 0 Å². The van der Waals surface area contributed by atoms with E-state index >= 15 is 0 Å². The molecule has 0 amide bonds. The molecule has 106 valence electrons. The molecule has 0 spiro atoms. The molecule has 1 aromatic carbocycles. The van der Waals surface area contributed by atoms with Gasteiger partial charge in [-0.05, 0) is 20.3 Å². The third-order valence-electron chi connectivity index (χ3n) is 2.32. The molecule has 1 rings (SSSR count). The second kappa shape index (κ2) is 6.38. The first kappa shape index (κ1) is 15.2. The van der Waals surface area contributed by atoms with E-state index < -0.39 is 10.5 Å². The maximum atomic E-state index is 10.9. The molecule has 0 aromatic heterocycles. The molecule has 0 aliphatic carbocycles. The van der Waals surface area contributed by atoms with Crippen molar-refractivity contribution in [2.45, 2.75) is 32.7 Å². The van der Waals surface area contributed by atoms with Crippen LogP contribution in [-0.2, 0) is 0 Å². The Morgan fingerprint density at radius 3 is 2.63 bits per heavy atom. The molecule has 0 radical (unpaired) electrons. The van der Waals surface area contributed by atoms with Crippen LogP contribution in [0.4, 0.5) is 11.4 Å². The average molecular weight is 267 g/mol. The molecule has 3 N–H and O–H groups in total. The summed E-state index contributed by atoms with van der Waals surface area (Å²) in [6, 6.07) is 4.65. The van der Waals surface area contributed by atoms with Crippen LogP contribution in [0.3, 0.4) is 0 Å². The Hall–Kier alpha value is -1.82. The van der Waals surface area contributed by atoms with Gasteiger partial charge < -0.3 is 15.8 Å². The van der Waals surface area contributed by atoms with Crippen molar-refractivity contribution in [2.75, 3.05) is 18.5 Å². The van der Waals surface area contributed by atoms with E-state index in [1.807, 2.05) is 20.8 Å². The summed E-state index contributed by atoms with van der Waals surface area (Å²) in [4.78, 5) is 10.4. The molecule has 0 bridgehead atoms. The fourth-order valence-corrected chi connectivity index (χ4v) is 1.42. The molecular formula is C13H21N3O3. The Labute approximate surface area is 113 Å². The zero-order valence-corrected chi connectivity index (χ0v) is 11.6. The highest BCUT2D eigenvalue weighted by Crippen LogP contribution is 2.26. The fourth-order valence-electron chi connectivity index (χ4n) is 1.42. The minimum atomic E-state index is -0.433. The number of nitrogens with zero attached hydrogens (tertiary/aromatic N) is 1. The van der Waals surface area contributed by atoms with Gasteiger partial charge in [-0.1, -0.05) is 6.92 Å². The van der Waals surface area contributed by atoms with Crippen LogP contribution in [0.2, 0.25) is 0 Å². The summed E-state index contributed by atoms with van der Waals surface area (Å²) in [6.07, 6.45) is 0.848. The summed E-state index contributed by atoms with van der Waals surface area (Å²) in [7, 11) is 0. The summed E-state index contributed by atoms with van der Waals surface area (Å²) in [5, 5.41) is 14.0. The SMILES string of the molecule is CCCOc1cc(NCC(C)(C)N)cc([N+](=O)[O-])c1. The van der Waals surface area contributed by atoms with E-state index in [1.54, 1.807) is 6.07 Å². The number of ether oxygens (including phenoxy) is 1. The Morgan fingerprint density at radius 1 is 1.42 bits per heavy atom. The molecule has 0 heterocycles. The first-order valence-corrected chi connectivity index (χ1v) is 6.27. The zero-order chi connectivity index (χ0) is 14.5. The number of nitrogens with two attached hydrogens (primary N) is 1. The number of nitro benzene ring substituents is 1. The van der Waals surface area contributed by atoms with Gasteiger partial charge in [-0.2, -0.15) is 0 Å². The minimum Gasteiger partial charge on any atom is -0.493 e. The summed E-state index contributed by atoms with van der Waals surface area (Å²) in [5.41, 5.74) is 6.12. The normalized spacial score (nSPS) is 11.2. The predicted molar refractivity (Wildman–Crippen MR) is 75.6 cm³/mol. The fraction of sp³-hybridized carbons (Fsp3) is 0.538. The van der Waals surface area contributed by atoms with Gasteiger partial charge in [-0.25, -0.2) is 0 Å². The van der Waals surface area contributed by atoms with Crippen LogP contribution in [-0.4, -0.2) is 23.6 Å². The topological polar surface area (TPSA) is 90.4 Å². The van der Waals surface area contributed by atoms with Crippen LogP contribution < -0.4 is 15.8 Å². The van der Waals surface area contributed by atoms with Gasteiger partial charge in [-0.15, -0.1) is 0 Å². The van der Waals surface area contributed by atoms with Crippen LogP contribution in [0.5, 0.6) is 5.75 Å². The van der Waals surface area contributed by atoms with Crippen molar-refractivity contribution >= 4 is 11.4 Å². The molecular weight excluding hydrogens is 246 g/mol. The van der Waals surface area contributed by atoms with Crippen molar-refractivity contribution in [2.24, 2.45) is 5.73 Å². The van der Waals surface area contributed by atoms with Gasteiger partial charge in [0, 0.05) is 29.9 Å². The quantitative estimate of drug-likeness (QED) is 0.585. The van der Waals surface area contributed by atoms with Gasteiger partial charge in [0.2, 0.25) is 0 Å². The number of nitro groups is 1. The van der Waals surface area contributed by atoms with E-state index in [0.717, 1.165) is 6.42 Å². The number of hydrogen-bond acceptors (Lipinski definition) is 5. The molecule has 19 heavy (non-hydrogen) atoms. The highest BCUT2D eigenvalue weighted by atomic mass is 16.6. The van der Waals surface area contributed by atoms with Gasteiger partial charge in [-0.3, -0.25) is 10.1 Å². The molecule has 0 saturated carbocycles. The minimum absolute atomic E-state index is 0.00549. The van der Waals surface area contributed by atoms with Crippen molar-refractivity contribution in [3.8, 4) is 5.75 Å². The van der Waals surface area contributed by atoms with Crippen molar-refractivity contribution < 1.29 is 9.66 Å². The molecule has 1 aromatic rings. The van der Waals surface area contributed by atoms with Crippen molar-refractivity contribution in [1.82, 2.24) is 0 Å². The van der Waals surface area contributed by atoms with Crippen molar-refractivity contribution in [1.29, 1.82) is 0 Å². The number of anilines is 1. The van der Waals surface area contributed by atoms with Gasteiger partial charge >= 0.3 is 0 Å². The van der Waals surface area contributed by atoms with Crippen molar-refractivity contribution in [3.05, 3.63) is 28.3 Å². The van der Waals surface area contributed by atoms with E-state index in [4.69, 9.17) is 10.5 Å². The number of benzene rings is 1. The second-order valence-electron chi connectivity index (χ2n) is 5.16. The zero-order valence-electron chi connectivity index (χ0n) is 11.6. The Bertz CT molecular complexity index is 441. The lowest BCUT2D eigenvalue weighted by Crippen LogP contribution is -2.39. The van der Waals surface area contributed by atoms with E-state index in [9.17, 15) is 10.1 Å². The Kier molecular flexibility index (Phi) is 5.11. The summed E-state index contributed by atoms with van der Waals surface area (Å²) in [5.74, 6) is 0.494.